The van der Waals surface area contributed by atoms with Crippen LogP contribution >= 0.6 is 11.6 Å². The van der Waals surface area contributed by atoms with Gasteiger partial charge in [-0.1, -0.05) is 31.5 Å². The predicted octanol–water partition coefficient (Wildman–Crippen LogP) is 1.79. The lowest BCUT2D eigenvalue weighted by Gasteiger charge is -2.22. The van der Waals surface area contributed by atoms with Gasteiger partial charge in [0.25, 0.3) is 0 Å². The quantitative estimate of drug-likeness (QED) is 0.841. The number of halogens is 1. The molecule has 2 amide bonds. The number of likely N-dealkylation sites (N-methyl/N-ethyl adjacent to an activating group) is 1. The van der Waals surface area contributed by atoms with E-state index in [0.29, 0.717) is 17.3 Å². The topological polar surface area (TPSA) is 75.4 Å². The van der Waals surface area contributed by atoms with Gasteiger partial charge in [0.1, 0.15) is 0 Å². The lowest BCUT2D eigenvalue weighted by Crippen LogP contribution is -2.48. The molecule has 0 radical (unpaired) electrons. The number of hydrogen-bond acceptors (Lipinski definition) is 3. The first-order valence-corrected chi connectivity index (χ1v) is 7.33. The van der Waals surface area contributed by atoms with Gasteiger partial charge in [-0.3, -0.25) is 9.59 Å². The van der Waals surface area contributed by atoms with E-state index in [-0.39, 0.29) is 24.3 Å². The van der Waals surface area contributed by atoms with Crippen LogP contribution in [0.4, 0.5) is 5.69 Å². The molecular formula is C15H22ClN3O2. The average molecular weight is 312 g/mol. The van der Waals surface area contributed by atoms with Crippen molar-refractivity contribution in [3.8, 4) is 0 Å². The highest BCUT2D eigenvalue weighted by Gasteiger charge is 2.20. The van der Waals surface area contributed by atoms with Gasteiger partial charge in [0.05, 0.1) is 12.6 Å². The summed E-state index contributed by atoms with van der Waals surface area (Å²) in [6, 6.07) is 6.42. The molecule has 0 spiro atoms. The van der Waals surface area contributed by atoms with Gasteiger partial charge in [-0.25, -0.2) is 0 Å². The summed E-state index contributed by atoms with van der Waals surface area (Å²) in [7, 11) is 0. The summed E-state index contributed by atoms with van der Waals surface area (Å²) < 4.78 is 0. The van der Waals surface area contributed by atoms with Crippen molar-refractivity contribution in [1.29, 1.82) is 0 Å². The molecule has 0 saturated heterocycles. The van der Waals surface area contributed by atoms with Crippen LogP contribution in [0.5, 0.6) is 0 Å². The SMILES string of the molecule is CCN(C(=O)CNC(=O)[C@@H](N)C(C)C)c1cccc(Cl)c1. The molecule has 0 heterocycles. The normalized spacial score (nSPS) is 12.1. The minimum atomic E-state index is -0.612. The molecule has 6 heteroatoms. The lowest BCUT2D eigenvalue weighted by molar-refractivity contribution is -0.126. The number of rotatable bonds is 6. The first kappa shape index (κ1) is 17.5. The van der Waals surface area contributed by atoms with Crippen molar-refractivity contribution in [3.63, 3.8) is 0 Å². The molecule has 0 unspecified atom stereocenters. The third-order valence-corrected chi connectivity index (χ3v) is 3.41. The smallest absolute Gasteiger partial charge is 0.246 e. The van der Waals surface area contributed by atoms with Gasteiger partial charge in [-0.05, 0) is 31.0 Å². The molecule has 1 aromatic rings. The third kappa shape index (κ3) is 5.02. The predicted molar refractivity (Wildman–Crippen MR) is 85.3 cm³/mol. The average Bonchev–Trinajstić information content (AvgIpc) is 2.44. The zero-order valence-corrected chi connectivity index (χ0v) is 13.4. The van der Waals surface area contributed by atoms with Gasteiger partial charge in [-0.2, -0.15) is 0 Å². The minimum Gasteiger partial charge on any atom is -0.346 e. The maximum atomic E-state index is 12.2. The molecule has 0 bridgehead atoms. The summed E-state index contributed by atoms with van der Waals surface area (Å²) in [5.74, 6) is -0.500. The summed E-state index contributed by atoms with van der Waals surface area (Å²) in [5, 5.41) is 3.13. The van der Waals surface area contributed by atoms with E-state index in [1.54, 1.807) is 29.2 Å². The van der Waals surface area contributed by atoms with Gasteiger partial charge >= 0.3 is 0 Å². The zero-order chi connectivity index (χ0) is 16.0. The third-order valence-electron chi connectivity index (χ3n) is 3.17. The first-order valence-electron chi connectivity index (χ1n) is 6.96. The molecule has 0 aromatic heterocycles. The van der Waals surface area contributed by atoms with E-state index in [9.17, 15) is 9.59 Å². The Morgan fingerprint density at radius 1 is 1.38 bits per heavy atom. The molecule has 0 aliphatic heterocycles. The van der Waals surface area contributed by atoms with Gasteiger partial charge in [-0.15, -0.1) is 0 Å². The van der Waals surface area contributed by atoms with Crippen LogP contribution in [0.2, 0.25) is 5.02 Å². The second-order valence-corrected chi connectivity index (χ2v) is 5.54. The van der Waals surface area contributed by atoms with Crippen molar-refractivity contribution < 1.29 is 9.59 Å². The van der Waals surface area contributed by atoms with Crippen molar-refractivity contribution in [1.82, 2.24) is 5.32 Å². The van der Waals surface area contributed by atoms with Crippen LogP contribution in [-0.2, 0) is 9.59 Å². The second-order valence-electron chi connectivity index (χ2n) is 5.11. The number of carbonyl (C=O) groups excluding carboxylic acids is 2. The van der Waals surface area contributed by atoms with Gasteiger partial charge in [0.2, 0.25) is 11.8 Å². The first-order chi connectivity index (χ1) is 9.86. The molecule has 0 aliphatic carbocycles. The van der Waals surface area contributed by atoms with Crippen molar-refractivity contribution in [3.05, 3.63) is 29.3 Å². The lowest BCUT2D eigenvalue weighted by atomic mass is 10.1. The van der Waals surface area contributed by atoms with Crippen LogP contribution in [0.15, 0.2) is 24.3 Å². The molecule has 3 N–H and O–H groups in total. The number of nitrogens with one attached hydrogen (secondary N) is 1. The number of amides is 2. The monoisotopic (exact) mass is 311 g/mol. The second kappa shape index (κ2) is 8.00. The molecule has 1 aromatic carbocycles. The van der Waals surface area contributed by atoms with E-state index < -0.39 is 6.04 Å². The number of benzene rings is 1. The number of nitrogens with zero attached hydrogens (tertiary/aromatic N) is 1. The summed E-state index contributed by atoms with van der Waals surface area (Å²) >= 11 is 5.93. The Kier molecular flexibility index (Phi) is 6.65. The summed E-state index contributed by atoms with van der Waals surface area (Å²) in [6.45, 7) is 5.98. The molecule has 0 saturated carbocycles. The van der Waals surface area contributed by atoms with Crippen LogP contribution in [-0.4, -0.2) is 30.9 Å². The van der Waals surface area contributed by atoms with E-state index in [0.717, 1.165) is 0 Å². The molecule has 116 valence electrons. The largest absolute Gasteiger partial charge is 0.346 e. The fourth-order valence-corrected chi connectivity index (χ4v) is 2.01. The molecule has 1 atom stereocenters. The van der Waals surface area contributed by atoms with Crippen molar-refractivity contribution in [2.45, 2.75) is 26.8 Å². The maximum Gasteiger partial charge on any atom is 0.246 e. The van der Waals surface area contributed by atoms with Crippen LogP contribution in [0.1, 0.15) is 20.8 Å². The highest BCUT2D eigenvalue weighted by Crippen LogP contribution is 2.19. The fraction of sp³-hybridized carbons (Fsp3) is 0.467. The van der Waals surface area contributed by atoms with Crippen LogP contribution in [0.25, 0.3) is 0 Å². The Morgan fingerprint density at radius 2 is 2.05 bits per heavy atom. The van der Waals surface area contributed by atoms with Crippen LogP contribution < -0.4 is 16.0 Å². The number of anilines is 1. The van der Waals surface area contributed by atoms with E-state index in [1.165, 1.54) is 0 Å². The maximum absolute atomic E-state index is 12.2. The molecular weight excluding hydrogens is 290 g/mol. The molecule has 1 rings (SSSR count). The van der Waals surface area contributed by atoms with E-state index in [1.807, 2.05) is 20.8 Å². The number of carbonyl (C=O) groups is 2. The zero-order valence-electron chi connectivity index (χ0n) is 12.6. The number of nitrogens with two attached hydrogens (primary N) is 1. The van der Waals surface area contributed by atoms with Gasteiger partial charge in [0, 0.05) is 17.3 Å². The van der Waals surface area contributed by atoms with Crippen LogP contribution in [0, 0.1) is 5.92 Å². The van der Waals surface area contributed by atoms with Crippen molar-refractivity contribution >= 4 is 29.1 Å². The van der Waals surface area contributed by atoms with Gasteiger partial charge in [0.15, 0.2) is 0 Å². The Morgan fingerprint density at radius 3 is 2.57 bits per heavy atom. The summed E-state index contributed by atoms with van der Waals surface area (Å²) in [4.78, 5) is 25.5. The molecule has 0 aliphatic rings. The summed E-state index contributed by atoms with van der Waals surface area (Å²) in [6.07, 6.45) is 0. The minimum absolute atomic E-state index is 0.0234. The standard InChI is InChI=1S/C15H22ClN3O2/c1-4-19(12-7-5-6-11(16)8-12)13(20)9-18-15(21)14(17)10(2)3/h5-8,10,14H,4,9,17H2,1-3H3,(H,18,21)/t14-/m0/s1. The van der Waals surface area contributed by atoms with Crippen molar-refractivity contribution in [2.75, 3.05) is 18.0 Å². The van der Waals surface area contributed by atoms with Crippen LogP contribution in [0.3, 0.4) is 0 Å². The Hall–Kier alpha value is -1.59. The van der Waals surface area contributed by atoms with E-state index in [4.69, 9.17) is 17.3 Å². The highest BCUT2D eigenvalue weighted by molar-refractivity contribution is 6.30. The highest BCUT2D eigenvalue weighted by atomic mass is 35.5. The van der Waals surface area contributed by atoms with E-state index in [2.05, 4.69) is 5.32 Å². The van der Waals surface area contributed by atoms with Crippen molar-refractivity contribution in [2.24, 2.45) is 11.7 Å². The van der Waals surface area contributed by atoms with E-state index >= 15 is 0 Å². The Balaban J connectivity index is 2.67. The number of hydrogen-bond donors (Lipinski definition) is 2. The Bertz CT molecular complexity index is 505. The molecule has 0 fully saturated rings. The Labute approximate surface area is 130 Å². The molecule has 21 heavy (non-hydrogen) atoms. The fourth-order valence-electron chi connectivity index (χ4n) is 1.83. The summed E-state index contributed by atoms with van der Waals surface area (Å²) in [5.41, 5.74) is 6.44. The molecule has 5 nitrogen and oxygen atoms in total. The van der Waals surface area contributed by atoms with Gasteiger partial charge < -0.3 is 16.0 Å².